The van der Waals surface area contributed by atoms with Crippen LogP contribution in [-0.2, 0) is 6.54 Å². The van der Waals surface area contributed by atoms with Gasteiger partial charge in [-0.25, -0.2) is 0 Å². The predicted octanol–water partition coefficient (Wildman–Crippen LogP) is 3.28. The summed E-state index contributed by atoms with van der Waals surface area (Å²) in [7, 11) is 0. The lowest BCUT2D eigenvalue weighted by Crippen LogP contribution is -1.97. The van der Waals surface area contributed by atoms with Crippen LogP contribution in [0.25, 0.3) is 23.1 Å². The topological polar surface area (TPSA) is 51.2 Å². The second-order valence-corrected chi connectivity index (χ2v) is 4.44. The summed E-state index contributed by atoms with van der Waals surface area (Å²) in [6, 6.07) is 5.95. The second kappa shape index (κ2) is 5.76. The van der Waals surface area contributed by atoms with E-state index in [-0.39, 0.29) is 6.61 Å². The van der Waals surface area contributed by atoms with Gasteiger partial charge in [0.05, 0.1) is 0 Å². The van der Waals surface area contributed by atoms with Gasteiger partial charge in [0.15, 0.2) is 0 Å². The number of aliphatic hydroxyl groups excluding tert-OH is 1. The molecule has 1 heterocycles. The number of aryl methyl sites for hydroxylation is 1. The molecule has 0 bridgehead atoms. The van der Waals surface area contributed by atoms with E-state index in [1.165, 1.54) is 0 Å². The van der Waals surface area contributed by atoms with E-state index in [0.29, 0.717) is 6.42 Å². The van der Waals surface area contributed by atoms with Gasteiger partial charge >= 0.3 is 0 Å². The number of fused-ring (bicyclic) bond motifs is 1. The van der Waals surface area contributed by atoms with Crippen molar-refractivity contribution in [2.45, 2.75) is 19.9 Å². The monoisotopic (exact) mass is 256 g/mol. The predicted molar refractivity (Wildman–Crippen MR) is 82.9 cm³/mol. The zero-order valence-corrected chi connectivity index (χ0v) is 11.3. The van der Waals surface area contributed by atoms with E-state index < -0.39 is 0 Å². The van der Waals surface area contributed by atoms with E-state index in [0.717, 1.165) is 34.4 Å². The van der Waals surface area contributed by atoms with Crippen LogP contribution in [0.5, 0.6) is 0 Å². The summed E-state index contributed by atoms with van der Waals surface area (Å²) in [5, 5.41) is 10.0. The van der Waals surface area contributed by atoms with Gasteiger partial charge in [0.2, 0.25) is 0 Å². The Balaban J connectivity index is 2.69. The third-order valence-corrected chi connectivity index (χ3v) is 3.26. The van der Waals surface area contributed by atoms with Crippen molar-refractivity contribution in [1.29, 1.82) is 0 Å². The summed E-state index contributed by atoms with van der Waals surface area (Å²) in [5.41, 5.74) is 10.0. The fourth-order valence-electron chi connectivity index (χ4n) is 2.42. The van der Waals surface area contributed by atoms with E-state index >= 15 is 0 Å². The maximum atomic E-state index is 8.88. The van der Waals surface area contributed by atoms with E-state index in [1.807, 2.05) is 36.4 Å². The first-order valence-corrected chi connectivity index (χ1v) is 6.54. The average Bonchev–Trinajstić information content (AvgIpc) is 2.71. The Hall–Kier alpha value is -2.00. The first-order chi connectivity index (χ1) is 9.22. The van der Waals surface area contributed by atoms with E-state index in [2.05, 4.69) is 18.1 Å². The van der Waals surface area contributed by atoms with Crippen LogP contribution in [0.4, 0.5) is 5.69 Å². The van der Waals surface area contributed by atoms with E-state index in [9.17, 15) is 0 Å². The fourth-order valence-corrected chi connectivity index (χ4v) is 2.42. The highest BCUT2D eigenvalue weighted by Gasteiger charge is 2.12. The summed E-state index contributed by atoms with van der Waals surface area (Å²) in [4.78, 5) is 0. The molecule has 0 aliphatic rings. The molecular weight excluding hydrogens is 236 g/mol. The summed E-state index contributed by atoms with van der Waals surface area (Å²) >= 11 is 0. The number of anilines is 1. The maximum absolute atomic E-state index is 8.88. The first-order valence-electron chi connectivity index (χ1n) is 6.54. The van der Waals surface area contributed by atoms with Crippen LogP contribution in [-0.4, -0.2) is 16.3 Å². The Morgan fingerprint density at radius 2 is 2.21 bits per heavy atom. The number of nitrogens with two attached hydrogens (primary N) is 1. The molecule has 1 aromatic carbocycles. The van der Waals surface area contributed by atoms with Crippen LogP contribution >= 0.6 is 0 Å². The highest BCUT2D eigenvalue weighted by molar-refractivity contribution is 5.95. The van der Waals surface area contributed by atoms with Crippen molar-refractivity contribution in [3.63, 3.8) is 0 Å². The third kappa shape index (κ3) is 2.42. The van der Waals surface area contributed by atoms with Gasteiger partial charge in [-0.1, -0.05) is 18.7 Å². The molecule has 3 heteroatoms. The summed E-state index contributed by atoms with van der Waals surface area (Å²) < 4.78 is 2.24. The SMILES string of the molecule is C=Cc1c(/C=C\CCO)n(CC)c2ccc(N)cc12. The Labute approximate surface area is 113 Å². The minimum absolute atomic E-state index is 0.166. The van der Waals surface area contributed by atoms with Gasteiger partial charge in [-0.05, 0) is 37.6 Å². The Morgan fingerprint density at radius 3 is 2.84 bits per heavy atom. The van der Waals surface area contributed by atoms with Gasteiger partial charge in [-0.3, -0.25) is 0 Å². The van der Waals surface area contributed by atoms with Crippen molar-refractivity contribution in [2.24, 2.45) is 0 Å². The molecular formula is C16H20N2O. The van der Waals surface area contributed by atoms with Gasteiger partial charge in [0.25, 0.3) is 0 Å². The zero-order chi connectivity index (χ0) is 13.8. The molecule has 0 fully saturated rings. The Bertz CT molecular complexity index is 623. The molecule has 0 saturated carbocycles. The fraction of sp³-hybridized carbons (Fsp3) is 0.250. The lowest BCUT2D eigenvalue weighted by molar-refractivity contribution is 0.303. The lowest BCUT2D eigenvalue weighted by Gasteiger charge is -2.05. The normalized spacial score (nSPS) is 11.5. The standard InChI is InChI=1S/C16H20N2O/c1-3-13-14-11-12(17)8-9-16(14)18(4-2)15(13)7-5-6-10-19/h3,5,7-9,11,19H,1,4,6,10,17H2,2H3/b7-5-. The van der Waals surface area contributed by atoms with Crippen LogP contribution in [0.2, 0.25) is 0 Å². The number of aromatic nitrogens is 1. The molecule has 0 aliphatic heterocycles. The van der Waals surface area contributed by atoms with Gasteiger partial charge in [-0.15, -0.1) is 0 Å². The van der Waals surface area contributed by atoms with Gasteiger partial charge in [0.1, 0.15) is 0 Å². The number of rotatable bonds is 5. The Kier molecular flexibility index (Phi) is 4.07. The van der Waals surface area contributed by atoms with Gasteiger partial charge in [0, 0.05) is 41.0 Å². The van der Waals surface area contributed by atoms with Crippen molar-refractivity contribution in [3.05, 3.63) is 42.1 Å². The second-order valence-electron chi connectivity index (χ2n) is 4.44. The number of aliphatic hydroxyl groups is 1. The van der Waals surface area contributed by atoms with Crippen LogP contribution in [0, 0.1) is 0 Å². The molecule has 0 atom stereocenters. The minimum atomic E-state index is 0.166. The molecule has 3 nitrogen and oxygen atoms in total. The average molecular weight is 256 g/mol. The third-order valence-electron chi connectivity index (χ3n) is 3.26. The molecule has 0 unspecified atom stereocenters. The summed E-state index contributed by atoms with van der Waals surface area (Å²) in [6.07, 6.45) is 6.56. The first kappa shape index (κ1) is 13.4. The minimum Gasteiger partial charge on any atom is -0.399 e. The summed E-state index contributed by atoms with van der Waals surface area (Å²) in [5.74, 6) is 0. The van der Waals surface area contributed by atoms with Gasteiger partial charge < -0.3 is 15.4 Å². The smallest absolute Gasteiger partial charge is 0.0492 e. The number of hydrogen-bond acceptors (Lipinski definition) is 2. The van der Waals surface area contributed by atoms with Gasteiger partial charge in [-0.2, -0.15) is 0 Å². The molecule has 2 rings (SSSR count). The molecule has 1 aromatic heterocycles. The Morgan fingerprint density at radius 1 is 1.42 bits per heavy atom. The number of nitrogens with zero attached hydrogens (tertiary/aromatic N) is 1. The molecule has 2 aromatic rings. The van der Waals surface area contributed by atoms with E-state index in [1.54, 1.807) is 0 Å². The van der Waals surface area contributed by atoms with E-state index in [4.69, 9.17) is 10.8 Å². The number of nitrogen functional groups attached to an aromatic ring is 1. The van der Waals surface area contributed by atoms with Crippen LogP contribution in [0.3, 0.4) is 0 Å². The molecule has 19 heavy (non-hydrogen) atoms. The number of benzene rings is 1. The highest BCUT2D eigenvalue weighted by atomic mass is 16.2. The van der Waals surface area contributed by atoms with Crippen LogP contribution in [0.1, 0.15) is 24.6 Å². The van der Waals surface area contributed by atoms with Crippen molar-refractivity contribution in [1.82, 2.24) is 4.57 Å². The molecule has 3 N–H and O–H groups in total. The summed E-state index contributed by atoms with van der Waals surface area (Å²) in [6.45, 7) is 7.07. The van der Waals surface area contributed by atoms with Crippen molar-refractivity contribution in [2.75, 3.05) is 12.3 Å². The maximum Gasteiger partial charge on any atom is 0.0492 e. The van der Waals surface area contributed by atoms with Crippen LogP contribution in [0.15, 0.2) is 30.9 Å². The van der Waals surface area contributed by atoms with Crippen LogP contribution < -0.4 is 5.73 Å². The largest absolute Gasteiger partial charge is 0.399 e. The molecule has 0 spiro atoms. The van der Waals surface area contributed by atoms with Crippen molar-refractivity contribution < 1.29 is 5.11 Å². The zero-order valence-electron chi connectivity index (χ0n) is 11.3. The molecule has 0 aliphatic carbocycles. The lowest BCUT2D eigenvalue weighted by atomic mass is 10.1. The molecule has 0 amide bonds. The highest BCUT2D eigenvalue weighted by Crippen LogP contribution is 2.30. The number of hydrogen-bond donors (Lipinski definition) is 2. The molecule has 0 radical (unpaired) electrons. The van der Waals surface area contributed by atoms with Crippen molar-refractivity contribution in [3.8, 4) is 0 Å². The molecule has 0 saturated heterocycles. The molecule has 100 valence electrons. The van der Waals surface area contributed by atoms with Crippen molar-refractivity contribution >= 4 is 28.7 Å². The quantitative estimate of drug-likeness (QED) is 0.807.